The molecule has 0 radical (unpaired) electrons. The first-order valence-electron chi connectivity index (χ1n) is 38.3. The summed E-state index contributed by atoms with van der Waals surface area (Å²) >= 11 is 6.60. The van der Waals surface area contributed by atoms with E-state index >= 15 is 0 Å². The van der Waals surface area contributed by atoms with E-state index in [-0.39, 0.29) is 6.10 Å². The maximum absolute atomic E-state index is 10.7. The number of nitrogens with two attached hydrogens (primary N) is 4. The molecule has 1 atom stereocenters. The van der Waals surface area contributed by atoms with Crippen LogP contribution in [-0.4, -0.2) is 98.7 Å². The molecule has 0 saturated carbocycles. The molecule has 0 aliphatic carbocycles. The van der Waals surface area contributed by atoms with Gasteiger partial charge in [-0.15, -0.1) is 0 Å². The van der Waals surface area contributed by atoms with Gasteiger partial charge in [-0.25, -0.2) is 19.9 Å². The topological polar surface area (TPSA) is 253 Å². The average Bonchev–Trinajstić information content (AvgIpc) is 1.58. The molecule has 8 aromatic rings. The van der Waals surface area contributed by atoms with Crippen molar-refractivity contribution in [3.05, 3.63) is 48.5 Å². The molecular formula is C71H114F24N16O4P4S4. The predicted molar refractivity (Wildman–Crippen MR) is 455 cm³/mol. The minimum absolute atomic E-state index is 0.180. The molecule has 4 aromatic heterocycles. The van der Waals surface area contributed by atoms with E-state index in [1.54, 1.807) is 45.3 Å². The van der Waals surface area contributed by atoms with Gasteiger partial charge in [-0.2, -0.15) is 22.1 Å². The molecule has 0 spiro atoms. The summed E-state index contributed by atoms with van der Waals surface area (Å²) in [6.45, 7) is 35.9. The fourth-order valence-corrected chi connectivity index (χ4v) is 14.7. The molecule has 1 unspecified atom stereocenters. The molecule has 20 nitrogen and oxygen atoms in total. The van der Waals surface area contributed by atoms with Gasteiger partial charge in [-0.1, -0.05) is 152 Å². The van der Waals surface area contributed by atoms with E-state index in [4.69, 9.17) is 51.0 Å². The third-order valence-electron chi connectivity index (χ3n) is 16.0. The van der Waals surface area contributed by atoms with E-state index in [2.05, 4.69) is 156 Å². The number of fused-ring (bicyclic) bond motifs is 4. The van der Waals surface area contributed by atoms with Crippen molar-refractivity contribution in [3.8, 4) is 23.0 Å². The van der Waals surface area contributed by atoms with Crippen molar-refractivity contribution in [2.75, 3.05) is 74.2 Å². The SMILES string of the molecule is CC(CCOc1cc2nc(N(C(C)C)C(C)C)sc2cc1N=[NH2+])CC(C)(C)C.CCC(CC)Oc1cc2nc(N(C)C)sc2cc1N=[NH2+].CCCCCCCCOc1cc2nc(N(C)C(C)C)sc2cc1N=[NH2+].CCCCCCOc1cc2nc(N(C)CC)sc2cc1N=[NH2+].F[P-](F)(F)(F)(F)F.F[P-](F)(F)(F)(F)F.F[P-](F)(F)(F)(F)F.F[P-](F)(F)(F)(F)F. The van der Waals surface area contributed by atoms with Gasteiger partial charge in [0.25, 0.3) is 0 Å². The number of anilines is 4. The van der Waals surface area contributed by atoms with E-state index in [1.807, 2.05) is 74.6 Å². The van der Waals surface area contributed by atoms with Crippen molar-refractivity contribution >= 4 is 161 Å². The van der Waals surface area contributed by atoms with Crippen LogP contribution >= 0.6 is 76.6 Å². The van der Waals surface area contributed by atoms with Crippen LogP contribution in [0.1, 0.15) is 194 Å². The Hall–Kier alpha value is -6.72. The quantitative estimate of drug-likeness (QED) is 0.0125. The van der Waals surface area contributed by atoms with Crippen LogP contribution in [0.3, 0.4) is 0 Å². The number of ether oxygens (including phenoxy) is 4. The number of rotatable bonds is 35. The van der Waals surface area contributed by atoms with Crippen LogP contribution in [0.4, 0.5) is 144 Å². The van der Waals surface area contributed by atoms with Crippen molar-refractivity contribution in [2.45, 2.75) is 218 Å². The maximum atomic E-state index is 9.87. The number of thiazole rings is 4. The number of aromatic nitrogens is 4. The summed E-state index contributed by atoms with van der Waals surface area (Å²) in [7, 11) is -34.6. The molecule has 4 aromatic carbocycles. The molecular weight excluding hydrogens is 1850 g/mol. The van der Waals surface area contributed by atoms with Crippen LogP contribution in [0.5, 0.6) is 23.0 Å². The Labute approximate surface area is 714 Å². The van der Waals surface area contributed by atoms with Gasteiger partial charge in [-0.05, 0) is 143 Å². The van der Waals surface area contributed by atoms with Gasteiger partial charge in [0.05, 0.1) is 66.8 Å². The van der Waals surface area contributed by atoms with Crippen molar-refractivity contribution in [1.29, 1.82) is 0 Å². The van der Waals surface area contributed by atoms with Crippen molar-refractivity contribution < 1.29 is 142 Å². The summed E-state index contributed by atoms with van der Waals surface area (Å²) in [5.41, 5.74) is 29.0. The van der Waals surface area contributed by atoms with Gasteiger partial charge in [0.2, 0.25) is 0 Å². The number of hydrogen-bond donors (Lipinski definition) is 4. The molecule has 4 heterocycles. The summed E-state index contributed by atoms with van der Waals surface area (Å²) in [5, 5.41) is 19.5. The molecule has 0 bridgehead atoms. The van der Waals surface area contributed by atoms with Crippen molar-refractivity contribution in [3.63, 3.8) is 0 Å². The Morgan fingerprint density at radius 1 is 0.382 bits per heavy atom. The van der Waals surface area contributed by atoms with Crippen molar-refractivity contribution in [1.82, 2.24) is 19.9 Å². The minimum atomic E-state index is -10.7. The number of halogens is 24. The molecule has 0 aliphatic rings. The zero-order chi connectivity index (χ0) is 95.6. The molecule has 8 N–H and O–H groups in total. The first kappa shape index (κ1) is 114. The molecule has 714 valence electrons. The van der Waals surface area contributed by atoms with E-state index in [9.17, 15) is 101 Å². The third-order valence-corrected chi connectivity index (χ3v) is 20.5. The zero-order valence-corrected chi connectivity index (χ0v) is 78.4. The number of nitrogens with zero attached hydrogens (tertiary/aromatic N) is 12. The summed E-state index contributed by atoms with van der Waals surface area (Å²) in [6, 6.07) is 16.9. The van der Waals surface area contributed by atoms with Gasteiger partial charge < -0.3 is 38.5 Å². The molecule has 52 heteroatoms. The Balaban J connectivity index is 0.000000744. The molecule has 0 saturated heterocycles. The predicted octanol–water partition coefficient (Wildman–Crippen LogP) is 30.2. The van der Waals surface area contributed by atoms with E-state index in [1.165, 1.54) is 57.8 Å². The van der Waals surface area contributed by atoms with Gasteiger partial charge in [0, 0.05) is 77.1 Å². The Bertz CT molecular complexity index is 4530. The second-order valence-corrected chi connectivity index (χ2v) is 42.0. The first-order valence-corrected chi connectivity index (χ1v) is 49.7. The van der Waals surface area contributed by atoms with Crippen LogP contribution in [-0.2, 0) is 0 Å². The number of hydrogen-bond acceptors (Lipinski definition) is 20. The molecule has 0 aliphatic heterocycles. The molecule has 0 fully saturated rings. The average molecular weight is 1960 g/mol. The first-order chi connectivity index (χ1) is 55.1. The second kappa shape index (κ2) is 42.5. The van der Waals surface area contributed by atoms with E-state index in [0.717, 1.165) is 117 Å². The fourth-order valence-electron chi connectivity index (χ4n) is 10.5. The third kappa shape index (κ3) is 56.2. The van der Waals surface area contributed by atoms with Gasteiger partial charge in [0.15, 0.2) is 66.3 Å². The van der Waals surface area contributed by atoms with E-state index < -0.39 is 31.2 Å². The monoisotopic (exact) mass is 1960 g/mol. The standard InChI is InChI=1S/C22H36N4OS.C19H30N4OS.C16H24N4OS.C14H20N4OS.4F6P/c1-14(2)26(15(3)4)21-24-18-11-19(17(25-23)12-20(18)28-21)27-10-9-16(5)13-22(6,7)8;1-5-6-7-8-9-10-11-24-17-12-16-18(13-15(17)22-20)25-19(21-16)23(4)14(2)3;1-4-6-7-8-9-21-14-10-13-15(11-12(14)19-17)22-16(18-13)20(3)5-2;1-5-9(6-2)19-12-7-11-13(8-10(12)17-15)20-14(16-11)18(3)4;4*1-7(2,3,4,5)6/h11-12,14-16,23H,9-10,13H2,1-8H3;12-14,20H,5-11H2,1-4H3;10-11,17H,4-9H2,1-3H3;7-9,15H,5-6H2,1-4H3;;;;/q;;;;4*-1/p+4. The summed E-state index contributed by atoms with van der Waals surface area (Å²) in [4.78, 5) is 27.5. The Morgan fingerprint density at radius 3 is 0.984 bits per heavy atom. The zero-order valence-electron chi connectivity index (χ0n) is 71.5. The van der Waals surface area contributed by atoms with Crippen LogP contribution in [0.15, 0.2) is 69.0 Å². The Morgan fingerprint density at radius 2 is 0.667 bits per heavy atom. The van der Waals surface area contributed by atoms with Crippen LogP contribution in [0.2, 0.25) is 0 Å². The summed E-state index contributed by atoms with van der Waals surface area (Å²) in [5.74, 6) is 3.49. The number of unbranched alkanes of at least 4 members (excludes halogenated alkanes) is 8. The Kier molecular flexibility index (Phi) is 39.5. The van der Waals surface area contributed by atoms with Crippen LogP contribution < -0.4 is 60.7 Å². The number of benzene rings is 4. The summed E-state index contributed by atoms with van der Waals surface area (Å²) < 4.78 is 265. The molecule has 0 amide bonds. The van der Waals surface area contributed by atoms with Crippen LogP contribution in [0, 0.1) is 11.3 Å². The second-order valence-electron chi connectivity index (χ2n) is 30.3. The van der Waals surface area contributed by atoms with Crippen LogP contribution in [0.25, 0.3) is 40.9 Å². The van der Waals surface area contributed by atoms with Gasteiger partial charge >= 0.3 is 132 Å². The van der Waals surface area contributed by atoms with Gasteiger partial charge in [0.1, 0.15) is 0 Å². The normalized spacial score (nSPS) is 14.3. The van der Waals surface area contributed by atoms with E-state index in [0.29, 0.717) is 77.8 Å². The molecule has 123 heavy (non-hydrogen) atoms. The molecule has 8 rings (SSSR count). The fraction of sp³-hybridized carbons (Fsp3) is 0.606. The van der Waals surface area contributed by atoms with Gasteiger partial charge in [-0.3, -0.25) is 0 Å². The van der Waals surface area contributed by atoms with Crippen molar-refractivity contribution in [2.24, 2.45) is 31.8 Å². The summed E-state index contributed by atoms with van der Waals surface area (Å²) in [6.07, 6.45) is 16.5.